The van der Waals surface area contributed by atoms with Gasteiger partial charge in [0.1, 0.15) is 0 Å². The summed E-state index contributed by atoms with van der Waals surface area (Å²) in [4.78, 5) is 8.91. The summed E-state index contributed by atoms with van der Waals surface area (Å²) in [5, 5.41) is 3.39. The van der Waals surface area contributed by atoms with Crippen molar-refractivity contribution in [2.45, 2.75) is 37.8 Å². The summed E-state index contributed by atoms with van der Waals surface area (Å²) in [6, 6.07) is 12.6. The normalized spacial score (nSPS) is 22.4. The third-order valence-electron chi connectivity index (χ3n) is 3.86. The SMILES string of the molecule is N[C@@H]1CCCC[C@H]1Nc1nccc(-c2ccccc2)n1. The Bertz CT molecular complexity index is 555. The molecule has 1 aromatic carbocycles. The lowest BCUT2D eigenvalue weighted by molar-refractivity contribution is 0.402. The maximum atomic E-state index is 6.16. The molecular weight excluding hydrogens is 248 g/mol. The first kappa shape index (κ1) is 13.1. The molecule has 0 bridgehead atoms. The molecule has 0 saturated heterocycles. The zero-order chi connectivity index (χ0) is 13.8. The zero-order valence-electron chi connectivity index (χ0n) is 11.5. The smallest absolute Gasteiger partial charge is 0.223 e. The van der Waals surface area contributed by atoms with E-state index in [2.05, 4.69) is 27.4 Å². The molecule has 1 aliphatic carbocycles. The third-order valence-corrected chi connectivity index (χ3v) is 3.86. The molecule has 0 radical (unpaired) electrons. The summed E-state index contributed by atoms with van der Waals surface area (Å²) in [6.07, 6.45) is 6.43. The highest BCUT2D eigenvalue weighted by Crippen LogP contribution is 2.21. The van der Waals surface area contributed by atoms with Gasteiger partial charge in [-0.25, -0.2) is 9.97 Å². The minimum absolute atomic E-state index is 0.202. The summed E-state index contributed by atoms with van der Waals surface area (Å²) in [5.41, 5.74) is 8.20. The predicted octanol–water partition coefficient (Wildman–Crippen LogP) is 2.83. The quantitative estimate of drug-likeness (QED) is 0.898. The monoisotopic (exact) mass is 268 g/mol. The van der Waals surface area contributed by atoms with E-state index in [4.69, 9.17) is 5.73 Å². The molecule has 104 valence electrons. The van der Waals surface area contributed by atoms with Crippen molar-refractivity contribution in [2.75, 3.05) is 5.32 Å². The van der Waals surface area contributed by atoms with Gasteiger partial charge in [-0.05, 0) is 18.9 Å². The van der Waals surface area contributed by atoms with E-state index in [1.807, 2.05) is 24.3 Å². The second kappa shape index (κ2) is 6.01. The average molecular weight is 268 g/mol. The highest BCUT2D eigenvalue weighted by molar-refractivity contribution is 5.59. The van der Waals surface area contributed by atoms with Crippen molar-refractivity contribution < 1.29 is 0 Å². The summed E-state index contributed by atoms with van der Waals surface area (Å²) < 4.78 is 0. The lowest BCUT2D eigenvalue weighted by atomic mass is 9.91. The number of hydrogen-bond donors (Lipinski definition) is 2. The lowest BCUT2D eigenvalue weighted by Gasteiger charge is -2.29. The second-order valence-corrected chi connectivity index (χ2v) is 5.33. The Morgan fingerprint density at radius 2 is 1.85 bits per heavy atom. The first-order chi connectivity index (χ1) is 9.83. The fourth-order valence-corrected chi connectivity index (χ4v) is 2.70. The highest BCUT2D eigenvalue weighted by Gasteiger charge is 2.22. The molecule has 2 aromatic rings. The van der Waals surface area contributed by atoms with Crippen LogP contribution in [-0.4, -0.2) is 22.1 Å². The van der Waals surface area contributed by atoms with Gasteiger partial charge >= 0.3 is 0 Å². The van der Waals surface area contributed by atoms with Gasteiger partial charge < -0.3 is 11.1 Å². The Balaban J connectivity index is 1.78. The molecule has 1 heterocycles. The molecule has 0 unspecified atom stereocenters. The van der Waals surface area contributed by atoms with Crippen LogP contribution in [0.2, 0.25) is 0 Å². The summed E-state index contributed by atoms with van der Waals surface area (Å²) >= 11 is 0. The van der Waals surface area contributed by atoms with Gasteiger partial charge in [-0.1, -0.05) is 43.2 Å². The topological polar surface area (TPSA) is 63.8 Å². The minimum Gasteiger partial charge on any atom is -0.350 e. The maximum absolute atomic E-state index is 6.16. The van der Waals surface area contributed by atoms with Gasteiger partial charge in [-0.3, -0.25) is 0 Å². The Hall–Kier alpha value is -1.94. The van der Waals surface area contributed by atoms with Gasteiger partial charge in [0.05, 0.1) is 5.69 Å². The molecule has 2 atom stereocenters. The van der Waals surface area contributed by atoms with Crippen LogP contribution < -0.4 is 11.1 Å². The maximum Gasteiger partial charge on any atom is 0.223 e. The van der Waals surface area contributed by atoms with Crippen molar-refractivity contribution in [3.63, 3.8) is 0 Å². The standard InChI is InChI=1S/C16H20N4/c17-13-8-4-5-9-15(13)20-16-18-11-10-14(19-16)12-6-2-1-3-7-12/h1-3,6-7,10-11,13,15H,4-5,8-9,17H2,(H,18,19,20)/t13-,15-/m1/s1. The average Bonchev–Trinajstić information content (AvgIpc) is 2.51. The first-order valence-corrected chi connectivity index (χ1v) is 7.23. The van der Waals surface area contributed by atoms with Gasteiger partial charge in [0.25, 0.3) is 0 Å². The highest BCUT2D eigenvalue weighted by atomic mass is 15.1. The molecule has 3 N–H and O–H groups in total. The van der Waals surface area contributed by atoms with E-state index in [-0.39, 0.29) is 12.1 Å². The minimum atomic E-state index is 0.202. The molecule has 3 rings (SSSR count). The van der Waals surface area contributed by atoms with Crippen molar-refractivity contribution in [1.82, 2.24) is 9.97 Å². The molecule has 0 spiro atoms. The van der Waals surface area contributed by atoms with E-state index in [1.165, 1.54) is 12.8 Å². The number of nitrogens with two attached hydrogens (primary N) is 1. The van der Waals surface area contributed by atoms with Crippen LogP contribution in [0.15, 0.2) is 42.6 Å². The van der Waals surface area contributed by atoms with Crippen LogP contribution >= 0.6 is 0 Å². The van der Waals surface area contributed by atoms with Crippen LogP contribution in [0.4, 0.5) is 5.95 Å². The van der Waals surface area contributed by atoms with Gasteiger partial charge in [0.2, 0.25) is 5.95 Å². The Kier molecular flexibility index (Phi) is 3.92. The van der Waals surface area contributed by atoms with Gasteiger partial charge in [-0.15, -0.1) is 0 Å². The van der Waals surface area contributed by atoms with Crippen molar-refractivity contribution in [3.05, 3.63) is 42.6 Å². The van der Waals surface area contributed by atoms with Crippen LogP contribution in [-0.2, 0) is 0 Å². The summed E-state index contributed by atoms with van der Waals surface area (Å²) in [5.74, 6) is 0.675. The first-order valence-electron chi connectivity index (χ1n) is 7.23. The van der Waals surface area contributed by atoms with Crippen molar-refractivity contribution in [1.29, 1.82) is 0 Å². The summed E-state index contributed by atoms with van der Waals surface area (Å²) in [6.45, 7) is 0. The molecule has 1 aromatic heterocycles. The number of benzene rings is 1. The number of nitrogens with one attached hydrogen (secondary N) is 1. The molecule has 4 nitrogen and oxygen atoms in total. The Labute approximate surface area is 119 Å². The van der Waals surface area contributed by atoms with E-state index in [0.717, 1.165) is 24.1 Å². The van der Waals surface area contributed by atoms with Gasteiger partial charge in [0, 0.05) is 23.8 Å². The number of hydrogen-bond acceptors (Lipinski definition) is 4. The van der Waals surface area contributed by atoms with Crippen LogP contribution in [0.25, 0.3) is 11.3 Å². The fraction of sp³-hybridized carbons (Fsp3) is 0.375. The van der Waals surface area contributed by atoms with Crippen LogP contribution in [0, 0.1) is 0 Å². The zero-order valence-corrected chi connectivity index (χ0v) is 11.5. The van der Waals surface area contributed by atoms with E-state index in [0.29, 0.717) is 5.95 Å². The molecule has 1 aliphatic rings. The molecular formula is C16H20N4. The van der Waals surface area contributed by atoms with Crippen molar-refractivity contribution >= 4 is 5.95 Å². The number of nitrogens with zero attached hydrogens (tertiary/aromatic N) is 2. The van der Waals surface area contributed by atoms with Gasteiger partial charge in [-0.2, -0.15) is 0 Å². The van der Waals surface area contributed by atoms with E-state index >= 15 is 0 Å². The predicted molar refractivity (Wildman–Crippen MR) is 81.3 cm³/mol. The van der Waals surface area contributed by atoms with Gasteiger partial charge in [0.15, 0.2) is 0 Å². The molecule has 20 heavy (non-hydrogen) atoms. The number of anilines is 1. The number of rotatable bonds is 3. The second-order valence-electron chi connectivity index (χ2n) is 5.33. The van der Waals surface area contributed by atoms with Crippen LogP contribution in [0.1, 0.15) is 25.7 Å². The Morgan fingerprint density at radius 1 is 1.05 bits per heavy atom. The van der Waals surface area contributed by atoms with E-state index < -0.39 is 0 Å². The lowest BCUT2D eigenvalue weighted by Crippen LogP contribution is -2.42. The van der Waals surface area contributed by atoms with Crippen molar-refractivity contribution in [2.24, 2.45) is 5.73 Å². The van der Waals surface area contributed by atoms with E-state index in [1.54, 1.807) is 6.20 Å². The van der Waals surface area contributed by atoms with Crippen molar-refractivity contribution in [3.8, 4) is 11.3 Å². The van der Waals surface area contributed by atoms with Crippen LogP contribution in [0.5, 0.6) is 0 Å². The Morgan fingerprint density at radius 3 is 2.65 bits per heavy atom. The van der Waals surface area contributed by atoms with Crippen LogP contribution in [0.3, 0.4) is 0 Å². The fourth-order valence-electron chi connectivity index (χ4n) is 2.70. The molecule has 1 saturated carbocycles. The van der Waals surface area contributed by atoms with E-state index in [9.17, 15) is 0 Å². The third kappa shape index (κ3) is 2.96. The molecule has 4 heteroatoms. The number of aromatic nitrogens is 2. The molecule has 0 amide bonds. The molecule has 0 aliphatic heterocycles. The summed E-state index contributed by atoms with van der Waals surface area (Å²) in [7, 11) is 0. The molecule has 1 fully saturated rings. The largest absolute Gasteiger partial charge is 0.350 e.